The molecular formula is C20H21NO4. The number of benzene rings is 1. The Morgan fingerprint density at radius 3 is 2.36 bits per heavy atom. The van der Waals surface area contributed by atoms with E-state index in [4.69, 9.17) is 4.42 Å². The van der Waals surface area contributed by atoms with E-state index in [2.05, 4.69) is 0 Å². The Balaban J connectivity index is 1.58. The van der Waals surface area contributed by atoms with Gasteiger partial charge in [-0.25, -0.2) is 0 Å². The van der Waals surface area contributed by atoms with Crippen LogP contribution in [0, 0.1) is 5.41 Å². The molecule has 130 valence electrons. The minimum Gasteiger partial charge on any atom is -0.459 e. The van der Waals surface area contributed by atoms with E-state index in [0.717, 1.165) is 25.7 Å². The van der Waals surface area contributed by atoms with Crippen molar-refractivity contribution >= 4 is 22.8 Å². The summed E-state index contributed by atoms with van der Waals surface area (Å²) in [5, 5.41) is 0.503. The number of carbonyl (C=O) groups excluding carboxylic acids is 2. The van der Waals surface area contributed by atoms with Crippen LogP contribution in [0.5, 0.6) is 0 Å². The number of rotatable bonds is 2. The predicted molar refractivity (Wildman–Crippen MR) is 92.8 cm³/mol. The number of para-hydroxylation sites is 1. The summed E-state index contributed by atoms with van der Waals surface area (Å²) in [4.78, 5) is 38.7. The molecule has 2 amide bonds. The first-order chi connectivity index (χ1) is 12.1. The van der Waals surface area contributed by atoms with Gasteiger partial charge in [0.2, 0.25) is 11.8 Å². The summed E-state index contributed by atoms with van der Waals surface area (Å²) in [5.41, 5.74) is 0.191. The van der Waals surface area contributed by atoms with Crippen LogP contribution in [-0.2, 0) is 16.1 Å². The summed E-state index contributed by atoms with van der Waals surface area (Å²) in [6.07, 6.45) is 6.16. The summed E-state index contributed by atoms with van der Waals surface area (Å²) in [6.45, 7) is 0.0355. The third-order valence-electron chi connectivity index (χ3n) is 5.57. The quantitative estimate of drug-likeness (QED) is 0.787. The summed E-state index contributed by atoms with van der Waals surface area (Å²) >= 11 is 0. The van der Waals surface area contributed by atoms with Crippen LogP contribution < -0.4 is 5.43 Å². The lowest BCUT2D eigenvalue weighted by molar-refractivity contribution is -0.155. The number of imide groups is 1. The van der Waals surface area contributed by atoms with Crippen LogP contribution in [0.15, 0.2) is 39.5 Å². The molecule has 1 aliphatic heterocycles. The van der Waals surface area contributed by atoms with E-state index >= 15 is 0 Å². The molecule has 1 aromatic heterocycles. The van der Waals surface area contributed by atoms with Crippen LogP contribution in [0.4, 0.5) is 0 Å². The van der Waals surface area contributed by atoms with Crippen LogP contribution in [0.1, 0.15) is 50.7 Å². The zero-order valence-electron chi connectivity index (χ0n) is 14.1. The highest BCUT2D eigenvalue weighted by atomic mass is 16.3. The minimum absolute atomic E-state index is 0.0355. The molecule has 5 heteroatoms. The molecule has 0 atom stereocenters. The lowest BCUT2D eigenvalue weighted by Gasteiger charge is -2.42. The number of piperidine rings is 1. The molecule has 5 nitrogen and oxygen atoms in total. The molecular weight excluding hydrogens is 318 g/mol. The van der Waals surface area contributed by atoms with Gasteiger partial charge in [-0.2, -0.15) is 0 Å². The van der Waals surface area contributed by atoms with Gasteiger partial charge in [-0.05, 0) is 30.4 Å². The number of likely N-dealkylation sites (tertiary alicyclic amines) is 1. The standard InChI is InChI=1S/C20H21NO4/c22-16-10-14(25-17-7-3-2-6-15(16)17)13-21-18(23)11-20(12-19(21)24)8-4-1-5-9-20/h2-3,6-7,10H,1,4-5,8-9,11-13H2. The van der Waals surface area contributed by atoms with E-state index < -0.39 is 0 Å². The lowest BCUT2D eigenvalue weighted by Crippen LogP contribution is -2.48. The van der Waals surface area contributed by atoms with Gasteiger partial charge in [0.25, 0.3) is 0 Å². The molecule has 2 aliphatic rings. The Labute approximate surface area is 145 Å². The van der Waals surface area contributed by atoms with E-state index in [9.17, 15) is 14.4 Å². The summed E-state index contributed by atoms with van der Waals surface area (Å²) < 4.78 is 5.73. The van der Waals surface area contributed by atoms with Crippen molar-refractivity contribution < 1.29 is 14.0 Å². The van der Waals surface area contributed by atoms with E-state index in [1.807, 2.05) is 0 Å². The van der Waals surface area contributed by atoms with Gasteiger partial charge in [-0.1, -0.05) is 31.4 Å². The highest BCUT2D eigenvalue weighted by molar-refractivity contribution is 5.98. The van der Waals surface area contributed by atoms with Crippen molar-refractivity contribution in [1.82, 2.24) is 4.90 Å². The van der Waals surface area contributed by atoms with Gasteiger partial charge < -0.3 is 4.42 Å². The molecule has 1 saturated heterocycles. The fourth-order valence-electron chi connectivity index (χ4n) is 4.25. The van der Waals surface area contributed by atoms with Gasteiger partial charge >= 0.3 is 0 Å². The van der Waals surface area contributed by atoms with E-state index in [0.29, 0.717) is 29.6 Å². The summed E-state index contributed by atoms with van der Waals surface area (Å²) in [5.74, 6) is 0.0629. The first-order valence-electron chi connectivity index (χ1n) is 8.91. The lowest BCUT2D eigenvalue weighted by atomic mass is 9.67. The smallest absolute Gasteiger partial charge is 0.230 e. The summed E-state index contributed by atoms with van der Waals surface area (Å²) in [6, 6.07) is 8.37. The van der Waals surface area contributed by atoms with Gasteiger partial charge in [0, 0.05) is 18.9 Å². The van der Waals surface area contributed by atoms with Crippen molar-refractivity contribution in [1.29, 1.82) is 0 Å². The molecule has 1 aromatic carbocycles. The topological polar surface area (TPSA) is 67.6 Å². The third-order valence-corrected chi connectivity index (χ3v) is 5.57. The number of amides is 2. The second-order valence-corrected chi connectivity index (χ2v) is 7.36. The number of fused-ring (bicyclic) bond motifs is 1. The average molecular weight is 339 g/mol. The molecule has 1 aliphatic carbocycles. The SMILES string of the molecule is O=C1CC2(CCCCC2)CC(=O)N1Cc1cc(=O)c2ccccc2o1. The molecule has 0 unspecified atom stereocenters. The predicted octanol–water partition coefficient (Wildman–Crippen LogP) is 3.39. The van der Waals surface area contributed by atoms with Crippen molar-refractivity contribution in [2.75, 3.05) is 0 Å². The van der Waals surface area contributed by atoms with E-state index in [1.165, 1.54) is 17.4 Å². The summed E-state index contributed by atoms with van der Waals surface area (Å²) in [7, 11) is 0. The molecule has 0 radical (unpaired) electrons. The number of nitrogens with zero attached hydrogens (tertiary/aromatic N) is 1. The van der Waals surface area contributed by atoms with Gasteiger partial charge in [-0.15, -0.1) is 0 Å². The maximum absolute atomic E-state index is 12.6. The van der Waals surface area contributed by atoms with Gasteiger partial charge in [-0.3, -0.25) is 19.3 Å². The minimum atomic E-state index is -0.155. The fourth-order valence-corrected chi connectivity index (χ4v) is 4.25. The van der Waals surface area contributed by atoms with Crippen molar-refractivity contribution in [3.63, 3.8) is 0 Å². The van der Waals surface area contributed by atoms with Crippen LogP contribution in [0.25, 0.3) is 11.0 Å². The first kappa shape index (κ1) is 16.1. The van der Waals surface area contributed by atoms with Gasteiger partial charge in [0.15, 0.2) is 5.43 Å². The molecule has 1 spiro atoms. The van der Waals surface area contributed by atoms with Crippen molar-refractivity contribution in [3.8, 4) is 0 Å². The van der Waals surface area contributed by atoms with Crippen molar-refractivity contribution in [3.05, 3.63) is 46.3 Å². The molecule has 1 saturated carbocycles. The largest absolute Gasteiger partial charge is 0.459 e. The number of carbonyl (C=O) groups is 2. The van der Waals surface area contributed by atoms with Crippen LogP contribution in [0.2, 0.25) is 0 Å². The highest BCUT2D eigenvalue weighted by Crippen LogP contribution is 2.45. The zero-order valence-corrected chi connectivity index (χ0v) is 14.1. The van der Waals surface area contributed by atoms with E-state index in [-0.39, 0.29) is 29.2 Å². The van der Waals surface area contributed by atoms with Crippen molar-refractivity contribution in [2.24, 2.45) is 5.41 Å². The van der Waals surface area contributed by atoms with Crippen LogP contribution >= 0.6 is 0 Å². The Kier molecular flexibility index (Phi) is 3.94. The Bertz CT molecular complexity index is 872. The molecule has 0 N–H and O–H groups in total. The number of hydrogen-bond acceptors (Lipinski definition) is 4. The van der Waals surface area contributed by atoms with E-state index in [1.54, 1.807) is 24.3 Å². The highest BCUT2D eigenvalue weighted by Gasteiger charge is 2.44. The number of hydrogen-bond donors (Lipinski definition) is 0. The Hall–Kier alpha value is -2.43. The molecule has 25 heavy (non-hydrogen) atoms. The maximum atomic E-state index is 12.6. The molecule has 4 rings (SSSR count). The third kappa shape index (κ3) is 2.99. The molecule has 2 heterocycles. The normalized spacial score (nSPS) is 20.4. The molecule has 2 fully saturated rings. The Morgan fingerprint density at radius 2 is 1.64 bits per heavy atom. The second kappa shape index (κ2) is 6.14. The average Bonchev–Trinajstić information content (AvgIpc) is 2.59. The van der Waals surface area contributed by atoms with Crippen molar-refractivity contribution in [2.45, 2.75) is 51.5 Å². The van der Waals surface area contributed by atoms with Gasteiger partial charge in [0.05, 0.1) is 11.9 Å². The molecule has 0 bridgehead atoms. The fraction of sp³-hybridized carbons (Fsp3) is 0.450. The van der Waals surface area contributed by atoms with Crippen LogP contribution in [-0.4, -0.2) is 16.7 Å². The monoisotopic (exact) mass is 339 g/mol. The van der Waals surface area contributed by atoms with Gasteiger partial charge in [0.1, 0.15) is 11.3 Å². The molecule has 2 aromatic rings. The first-order valence-corrected chi connectivity index (χ1v) is 8.91. The Morgan fingerprint density at radius 1 is 0.960 bits per heavy atom. The maximum Gasteiger partial charge on any atom is 0.230 e. The van der Waals surface area contributed by atoms with Crippen LogP contribution in [0.3, 0.4) is 0 Å². The zero-order chi connectivity index (χ0) is 17.4. The second-order valence-electron chi connectivity index (χ2n) is 7.36.